The summed E-state index contributed by atoms with van der Waals surface area (Å²) in [6.07, 6.45) is 2.46. The fourth-order valence-corrected chi connectivity index (χ4v) is 1.80. The van der Waals surface area contributed by atoms with E-state index >= 15 is 0 Å². The van der Waals surface area contributed by atoms with Crippen LogP contribution in [0.1, 0.15) is 29.3 Å². The van der Waals surface area contributed by atoms with Crippen LogP contribution >= 0.6 is 0 Å². The number of phenolic OH excluding ortho intramolecular Hbond substituents is 1. The van der Waals surface area contributed by atoms with E-state index in [4.69, 9.17) is 4.74 Å². The minimum atomic E-state index is -0.465. The molecule has 1 amide bonds. The molecule has 0 saturated heterocycles. The zero-order valence-corrected chi connectivity index (χ0v) is 12.3. The van der Waals surface area contributed by atoms with Crippen molar-refractivity contribution in [1.82, 2.24) is 5.43 Å². The van der Waals surface area contributed by atoms with Crippen LogP contribution in [0.2, 0.25) is 0 Å². The van der Waals surface area contributed by atoms with E-state index in [1.165, 1.54) is 18.3 Å². The second-order valence-electron chi connectivity index (χ2n) is 4.64. The van der Waals surface area contributed by atoms with Gasteiger partial charge in [0.1, 0.15) is 11.5 Å². The number of phenols is 1. The molecular formula is C17H18N2O3. The quantitative estimate of drug-likeness (QED) is 0.636. The molecule has 5 nitrogen and oxygen atoms in total. The van der Waals surface area contributed by atoms with Gasteiger partial charge < -0.3 is 9.84 Å². The molecule has 0 unspecified atom stereocenters. The van der Waals surface area contributed by atoms with Gasteiger partial charge in [0.05, 0.1) is 18.4 Å². The Morgan fingerprint density at radius 1 is 1.27 bits per heavy atom. The molecular weight excluding hydrogens is 280 g/mol. The average molecular weight is 298 g/mol. The highest BCUT2D eigenvalue weighted by atomic mass is 16.5. The maximum atomic E-state index is 11.9. The highest BCUT2D eigenvalue weighted by Gasteiger charge is 2.08. The SMILES string of the molecule is CCCOc1cccc(/C=N\NC(=O)c2ccccc2O)c1. The molecule has 2 aromatic carbocycles. The van der Waals surface area contributed by atoms with Gasteiger partial charge in [0.15, 0.2) is 0 Å². The molecule has 0 aliphatic heterocycles. The van der Waals surface area contributed by atoms with Gasteiger partial charge >= 0.3 is 0 Å². The van der Waals surface area contributed by atoms with Crippen LogP contribution in [0.25, 0.3) is 0 Å². The first-order valence-corrected chi connectivity index (χ1v) is 7.05. The Morgan fingerprint density at radius 3 is 2.86 bits per heavy atom. The van der Waals surface area contributed by atoms with Gasteiger partial charge in [-0.25, -0.2) is 5.43 Å². The lowest BCUT2D eigenvalue weighted by Gasteiger charge is -2.05. The summed E-state index contributed by atoms with van der Waals surface area (Å²) in [6.45, 7) is 2.70. The van der Waals surface area contributed by atoms with Gasteiger partial charge in [-0.1, -0.05) is 31.2 Å². The zero-order chi connectivity index (χ0) is 15.8. The van der Waals surface area contributed by atoms with Gasteiger partial charge in [0.2, 0.25) is 0 Å². The Kier molecular flexibility index (Phi) is 5.54. The second-order valence-corrected chi connectivity index (χ2v) is 4.64. The summed E-state index contributed by atoms with van der Waals surface area (Å²) in [7, 11) is 0. The summed E-state index contributed by atoms with van der Waals surface area (Å²) in [6, 6.07) is 13.7. The smallest absolute Gasteiger partial charge is 0.275 e. The van der Waals surface area contributed by atoms with Crippen LogP contribution < -0.4 is 10.2 Å². The molecule has 5 heteroatoms. The van der Waals surface area contributed by atoms with Crippen molar-refractivity contribution < 1.29 is 14.6 Å². The molecule has 0 spiro atoms. The molecule has 0 aliphatic rings. The molecule has 0 saturated carbocycles. The number of amides is 1. The molecule has 22 heavy (non-hydrogen) atoms. The molecule has 0 radical (unpaired) electrons. The van der Waals surface area contributed by atoms with Gasteiger partial charge in [-0.3, -0.25) is 4.79 Å². The van der Waals surface area contributed by atoms with Crippen LogP contribution in [-0.2, 0) is 0 Å². The molecule has 0 aromatic heterocycles. The van der Waals surface area contributed by atoms with Crippen molar-refractivity contribution in [1.29, 1.82) is 0 Å². The minimum absolute atomic E-state index is 0.0786. The van der Waals surface area contributed by atoms with Crippen molar-refractivity contribution in [3.05, 3.63) is 59.7 Å². The second kappa shape index (κ2) is 7.83. The number of nitrogens with one attached hydrogen (secondary N) is 1. The van der Waals surface area contributed by atoms with E-state index in [1.807, 2.05) is 31.2 Å². The van der Waals surface area contributed by atoms with Crippen molar-refractivity contribution in [2.45, 2.75) is 13.3 Å². The Bertz CT molecular complexity index is 668. The number of aromatic hydroxyl groups is 1. The number of hydrogen-bond donors (Lipinski definition) is 2. The van der Waals surface area contributed by atoms with E-state index in [9.17, 15) is 9.90 Å². The highest BCUT2D eigenvalue weighted by Crippen LogP contribution is 2.15. The number of hydrogen-bond acceptors (Lipinski definition) is 4. The van der Waals surface area contributed by atoms with E-state index in [0.717, 1.165) is 17.7 Å². The monoisotopic (exact) mass is 298 g/mol. The summed E-state index contributed by atoms with van der Waals surface area (Å²) >= 11 is 0. The van der Waals surface area contributed by atoms with Crippen molar-refractivity contribution in [3.8, 4) is 11.5 Å². The van der Waals surface area contributed by atoms with Crippen LogP contribution in [0.4, 0.5) is 0 Å². The van der Waals surface area contributed by atoms with Crippen LogP contribution in [0.15, 0.2) is 53.6 Å². The Balaban J connectivity index is 1.98. The van der Waals surface area contributed by atoms with E-state index < -0.39 is 5.91 Å². The molecule has 2 rings (SSSR count). The van der Waals surface area contributed by atoms with Crippen molar-refractivity contribution in [2.24, 2.45) is 5.10 Å². The van der Waals surface area contributed by atoms with Crippen LogP contribution in [-0.4, -0.2) is 23.8 Å². The number of rotatable bonds is 6. The molecule has 0 bridgehead atoms. The topological polar surface area (TPSA) is 70.9 Å². The number of hydrazone groups is 1. The number of para-hydroxylation sites is 1. The Labute approximate surface area is 129 Å². The molecule has 0 atom stereocenters. The number of carbonyl (C=O) groups excluding carboxylic acids is 1. The van der Waals surface area contributed by atoms with Gasteiger partial charge in [0, 0.05) is 0 Å². The number of benzene rings is 2. The van der Waals surface area contributed by atoms with Crippen molar-refractivity contribution in [2.75, 3.05) is 6.61 Å². The largest absolute Gasteiger partial charge is 0.507 e. The third-order valence-electron chi connectivity index (χ3n) is 2.86. The number of carbonyl (C=O) groups is 1. The zero-order valence-electron chi connectivity index (χ0n) is 12.3. The predicted octanol–water partition coefficient (Wildman–Crippen LogP) is 2.94. The Hall–Kier alpha value is -2.82. The third kappa shape index (κ3) is 4.34. The van der Waals surface area contributed by atoms with Crippen LogP contribution in [0.3, 0.4) is 0 Å². The minimum Gasteiger partial charge on any atom is -0.507 e. The molecule has 0 heterocycles. The third-order valence-corrected chi connectivity index (χ3v) is 2.86. The summed E-state index contributed by atoms with van der Waals surface area (Å²) in [5.41, 5.74) is 3.37. The van der Waals surface area contributed by atoms with Gasteiger partial charge in [-0.05, 0) is 36.2 Å². The summed E-state index contributed by atoms with van der Waals surface area (Å²) in [5, 5.41) is 13.5. The van der Waals surface area contributed by atoms with E-state index in [0.29, 0.717) is 6.61 Å². The number of nitrogens with zero attached hydrogens (tertiary/aromatic N) is 1. The summed E-state index contributed by atoms with van der Waals surface area (Å²) in [5.74, 6) is 0.218. The lowest BCUT2D eigenvalue weighted by atomic mass is 10.2. The van der Waals surface area contributed by atoms with Crippen LogP contribution in [0.5, 0.6) is 11.5 Å². The normalized spacial score (nSPS) is 10.6. The Morgan fingerprint density at radius 2 is 2.09 bits per heavy atom. The number of ether oxygens (including phenoxy) is 1. The van der Waals surface area contributed by atoms with E-state index in [1.54, 1.807) is 12.1 Å². The average Bonchev–Trinajstić information content (AvgIpc) is 2.53. The lowest BCUT2D eigenvalue weighted by molar-refractivity contribution is 0.0952. The van der Waals surface area contributed by atoms with E-state index in [2.05, 4.69) is 10.5 Å². The van der Waals surface area contributed by atoms with E-state index in [-0.39, 0.29) is 11.3 Å². The summed E-state index contributed by atoms with van der Waals surface area (Å²) < 4.78 is 5.53. The predicted molar refractivity (Wildman–Crippen MR) is 85.4 cm³/mol. The van der Waals surface area contributed by atoms with Crippen molar-refractivity contribution >= 4 is 12.1 Å². The van der Waals surface area contributed by atoms with Gasteiger partial charge in [0.25, 0.3) is 5.91 Å². The maximum absolute atomic E-state index is 11.9. The first-order valence-electron chi connectivity index (χ1n) is 7.05. The first kappa shape index (κ1) is 15.6. The fourth-order valence-electron chi connectivity index (χ4n) is 1.80. The van der Waals surface area contributed by atoms with Gasteiger partial charge in [-0.15, -0.1) is 0 Å². The van der Waals surface area contributed by atoms with Crippen molar-refractivity contribution in [3.63, 3.8) is 0 Å². The lowest BCUT2D eigenvalue weighted by Crippen LogP contribution is -2.17. The molecule has 2 N–H and O–H groups in total. The highest BCUT2D eigenvalue weighted by molar-refractivity contribution is 5.97. The molecule has 0 aliphatic carbocycles. The molecule has 114 valence electrons. The molecule has 0 fully saturated rings. The van der Waals surface area contributed by atoms with Gasteiger partial charge in [-0.2, -0.15) is 5.10 Å². The summed E-state index contributed by atoms with van der Waals surface area (Å²) in [4.78, 5) is 11.9. The fraction of sp³-hybridized carbons (Fsp3) is 0.176. The van der Waals surface area contributed by atoms with Crippen LogP contribution in [0, 0.1) is 0 Å². The maximum Gasteiger partial charge on any atom is 0.275 e. The standard InChI is InChI=1S/C17H18N2O3/c1-2-10-22-14-7-5-6-13(11-14)12-18-19-17(21)15-8-3-4-9-16(15)20/h3-9,11-12,20H,2,10H2,1H3,(H,19,21)/b18-12-. The first-order chi connectivity index (χ1) is 10.7. The molecule has 2 aromatic rings.